The van der Waals surface area contributed by atoms with E-state index in [9.17, 15) is 9.59 Å². The summed E-state index contributed by atoms with van der Waals surface area (Å²) in [5.41, 5.74) is 0.757. The van der Waals surface area contributed by atoms with Crippen LogP contribution in [0.3, 0.4) is 0 Å². The number of allylic oxidation sites excluding steroid dienone is 2. The molecule has 0 unspecified atom stereocenters. The smallest absolute Gasteiger partial charge is 0.310 e. The van der Waals surface area contributed by atoms with Crippen LogP contribution in [-0.2, 0) is 14.3 Å². The topological polar surface area (TPSA) is 55.4 Å². The molecular formula is C16H17NO3. The summed E-state index contributed by atoms with van der Waals surface area (Å²) < 4.78 is 4.86. The molecule has 104 valence electrons. The zero-order chi connectivity index (χ0) is 14.1. The third-order valence-electron chi connectivity index (χ3n) is 4.28. The second-order valence-electron chi connectivity index (χ2n) is 5.38. The number of ether oxygens (including phenoxy) is 1. The molecule has 2 aliphatic rings. The molecule has 1 amide bonds. The molecule has 20 heavy (non-hydrogen) atoms. The summed E-state index contributed by atoms with van der Waals surface area (Å²) in [4.78, 5) is 24.4. The van der Waals surface area contributed by atoms with Gasteiger partial charge in [0.15, 0.2) is 0 Å². The van der Waals surface area contributed by atoms with Crippen molar-refractivity contribution in [2.75, 3.05) is 12.4 Å². The molecule has 1 fully saturated rings. The molecule has 4 nitrogen and oxygen atoms in total. The van der Waals surface area contributed by atoms with E-state index < -0.39 is 0 Å². The van der Waals surface area contributed by atoms with Crippen molar-refractivity contribution >= 4 is 17.6 Å². The molecule has 3 rings (SSSR count). The van der Waals surface area contributed by atoms with Gasteiger partial charge in [-0.2, -0.15) is 0 Å². The van der Waals surface area contributed by atoms with Crippen molar-refractivity contribution in [2.45, 2.75) is 6.42 Å². The molecule has 4 heteroatoms. The number of anilines is 1. The van der Waals surface area contributed by atoms with E-state index in [1.165, 1.54) is 7.11 Å². The molecule has 0 saturated heterocycles. The average molecular weight is 271 g/mol. The first-order valence-electron chi connectivity index (χ1n) is 6.83. The number of esters is 1. The Labute approximate surface area is 117 Å². The Morgan fingerprint density at radius 2 is 1.75 bits per heavy atom. The number of rotatable bonds is 3. The zero-order valence-electron chi connectivity index (χ0n) is 11.3. The lowest BCUT2D eigenvalue weighted by Crippen LogP contribution is -2.37. The number of carbonyl (C=O) groups is 2. The highest BCUT2D eigenvalue weighted by molar-refractivity contribution is 5.96. The summed E-state index contributed by atoms with van der Waals surface area (Å²) in [6.07, 6.45) is 4.96. The van der Waals surface area contributed by atoms with E-state index in [2.05, 4.69) is 11.4 Å². The normalized spacial score (nSPS) is 30.2. The van der Waals surface area contributed by atoms with Crippen LogP contribution < -0.4 is 5.32 Å². The molecule has 0 aliphatic heterocycles. The van der Waals surface area contributed by atoms with Gasteiger partial charge in [0.2, 0.25) is 5.91 Å². The van der Waals surface area contributed by atoms with Gasteiger partial charge < -0.3 is 10.1 Å². The predicted octanol–water partition coefficient (Wildman–Crippen LogP) is 2.24. The van der Waals surface area contributed by atoms with Crippen LogP contribution in [0, 0.1) is 23.7 Å². The lowest BCUT2D eigenvalue weighted by molar-refractivity contribution is -0.150. The van der Waals surface area contributed by atoms with E-state index in [-0.39, 0.29) is 35.5 Å². The third kappa shape index (κ3) is 2.11. The highest BCUT2D eigenvalue weighted by atomic mass is 16.5. The monoisotopic (exact) mass is 271 g/mol. The van der Waals surface area contributed by atoms with Gasteiger partial charge in [-0.25, -0.2) is 0 Å². The number of hydrogen-bond acceptors (Lipinski definition) is 3. The number of para-hydroxylation sites is 1. The molecule has 1 aromatic carbocycles. The molecule has 4 atom stereocenters. The van der Waals surface area contributed by atoms with Crippen LogP contribution in [0.15, 0.2) is 42.5 Å². The van der Waals surface area contributed by atoms with Crippen LogP contribution in [-0.4, -0.2) is 19.0 Å². The van der Waals surface area contributed by atoms with Crippen molar-refractivity contribution in [2.24, 2.45) is 23.7 Å². The molecule has 0 radical (unpaired) electrons. The van der Waals surface area contributed by atoms with Crippen LogP contribution in [0.4, 0.5) is 5.69 Å². The van der Waals surface area contributed by atoms with Crippen LogP contribution in [0.2, 0.25) is 0 Å². The van der Waals surface area contributed by atoms with Crippen LogP contribution in [0.25, 0.3) is 0 Å². The zero-order valence-corrected chi connectivity index (χ0v) is 11.3. The highest BCUT2D eigenvalue weighted by Gasteiger charge is 2.52. The van der Waals surface area contributed by atoms with E-state index >= 15 is 0 Å². The van der Waals surface area contributed by atoms with Gasteiger partial charge in [0.1, 0.15) is 0 Å². The first-order valence-corrected chi connectivity index (χ1v) is 6.83. The van der Waals surface area contributed by atoms with E-state index in [1.54, 1.807) is 0 Å². The third-order valence-corrected chi connectivity index (χ3v) is 4.28. The first kappa shape index (κ1) is 12.9. The van der Waals surface area contributed by atoms with E-state index in [0.717, 1.165) is 12.1 Å². The molecule has 2 bridgehead atoms. The number of carbonyl (C=O) groups excluding carboxylic acids is 2. The molecule has 1 N–H and O–H groups in total. The van der Waals surface area contributed by atoms with E-state index in [1.807, 2.05) is 36.4 Å². The van der Waals surface area contributed by atoms with Crippen molar-refractivity contribution in [1.82, 2.24) is 0 Å². The van der Waals surface area contributed by atoms with Crippen LogP contribution >= 0.6 is 0 Å². The fraction of sp³-hybridized carbons (Fsp3) is 0.375. The molecule has 0 aromatic heterocycles. The maximum absolute atomic E-state index is 12.5. The highest BCUT2D eigenvalue weighted by Crippen LogP contribution is 2.48. The molecule has 1 aromatic rings. The van der Waals surface area contributed by atoms with Crippen molar-refractivity contribution in [3.8, 4) is 0 Å². The minimum atomic E-state index is -0.348. The van der Waals surface area contributed by atoms with Gasteiger partial charge in [-0.15, -0.1) is 0 Å². The SMILES string of the molecule is COC(=O)[C@@H]1[C@H](C(=O)Nc2ccccc2)[C@H]2C=C[C@H]1C2. The maximum Gasteiger partial charge on any atom is 0.310 e. The Bertz CT molecular complexity index is 552. The Morgan fingerprint density at radius 1 is 1.10 bits per heavy atom. The average Bonchev–Trinajstić information content (AvgIpc) is 3.08. The lowest BCUT2D eigenvalue weighted by atomic mass is 9.82. The van der Waals surface area contributed by atoms with Gasteiger partial charge in [-0.05, 0) is 30.4 Å². The first-order chi connectivity index (χ1) is 9.70. The van der Waals surface area contributed by atoms with E-state index in [0.29, 0.717) is 0 Å². The Morgan fingerprint density at radius 3 is 2.40 bits per heavy atom. The second kappa shape index (κ2) is 5.12. The van der Waals surface area contributed by atoms with Crippen LogP contribution in [0.1, 0.15) is 6.42 Å². The Kier molecular flexibility index (Phi) is 3.30. The van der Waals surface area contributed by atoms with Gasteiger partial charge in [0.05, 0.1) is 18.9 Å². The lowest BCUT2D eigenvalue weighted by Gasteiger charge is -2.25. The standard InChI is InChI=1S/C16H17NO3/c1-20-16(19)14-11-8-7-10(9-11)13(14)15(18)17-12-5-3-2-4-6-12/h2-8,10-11,13-14H,9H2,1H3,(H,17,18)/t10-,11-,13+,14-/m0/s1. The summed E-state index contributed by atoms with van der Waals surface area (Å²) in [5.74, 6) is -0.762. The van der Waals surface area contributed by atoms with E-state index in [4.69, 9.17) is 4.74 Å². The number of amides is 1. The molecular weight excluding hydrogens is 254 g/mol. The molecule has 0 heterocycles. The van der Waals surface area contributed by atoms with Crippen molar-refractivity contribution < 1.29 is 14.3 Å². The largest absolute Gasteiger partial charge is 0.469 e. The number of hydrogen-bond donors (Lipinski definition) is 1. The molecule has 1 saturated carbocycles. The fourth-order valence-electron chi connectivity index (χ4n) is 3.38. The number of methoxy groups -OCH3 is 1. The van der Waals surface area contributed by atoms with Gasteiger partial charge in [-0.3, -0.25) is 9.59 Å². The summed E-state index contributed by atoms with van der Waals surface area (Å²) in [7, 11) is 1.38. The second-order valence-corrected chi connectivity index (χ2v) is 5.38. The number of fused-ring (bicyclic) bond motifs is 2. The van der Waals surface area contributed by atoms with Gasteiger partial charge in [0.25, 0.3) is 0 Å². The summed E-state index contributed by atoms with van der Waals surface area (Å²) in [6, 6.07) is 9.32. The van der Waals surface area contributed by atoms with Gasteiger partial charge in [0, 0.05) is 5.69 Å². The van der Waals surface area contributed by atoms with Crippen LogP contribution in [0.5, 0.6) is 0 Å². The Balaban J connectivity index is 1.79. The quantitative estimate of drug-likeness (QED) is 0.677. The summed E-state index contributed by atoms with van der Waals surface area (Å²) in [6.45, 7) is 0. The summed E-state index contributed by atoms with van der Waals surface area (Å²) in [5, 5.41) is 2.90. The van der Waals surface area contributed by atoms with Crippen molar-refractivity contribution in [1.29, 1.82) is 0 Å². The van der Waals surface area contributed by atoms with Gasteiger partial charge in [-0.1, -0.05) is 30.4 Å². The van der Waals surface area contributed by atoms with Crippen molar-refractivity contribution in [3.05, 3.63) is 42.5 Å². The predicted molar refractivity (Wildman–Crippen MR) is 74.8 cm³/mol. The maximum atomic E-state index is 12.5. The minimum Gasteiger partial charge on any atom is -0.469 e. The Hall–Kier alpha value is -2.10. The summed E-state index contributed by atoms with van der Waals surface area (Å²) >= 11 is 0. The molecule has 0 spiro atoms. The van der Waals surface area contributed by atoms with Gasteiger partial charge >= 0.3 is 5.97 Å². The molecule has 2 aliphatic carbocycles. The van der Waals surface area contributed by atoms with Crippen molar-refractivity contribution in [3.63, 3.8) is 0 Å². The number of benzene rings is 1. The fourth-order valence-corrected chi connectivity index (χ4v) is 3.38. The number of nitrogens with one attached hydrogen (secondary N) is 1. The minimum absolute atomic E-state index is 0.0940.